The maximum absolute atomic E-state index is 11.7. The highest BCUT2D eigenvalue weighted by molar-refractivity contribution is 5.80. The maximum atomic E-state index is 11.7. The Labute approximate surface area is 178 Å². The predicted octanol–water partition coefficient (Wildman–Crippen LogP) is 1.84. The molecule has 1 aromatic carbocycles. The van der Waals surface area contributed by atoms with Crippen molar-refractivity contribution in [3.8, 4) is 5.75 Å². The van der Waals surface area contributed by atoms with Crippen molar-refractivity contribution in [1.29, 1.82) is 0 Å². The molecule has 1 aromatic heterocycles. The Morgan fingerprint density at radius 2 is 2.23 bits per heavy atom. The Kier molecular flexibility index (Phi) is 7.32. The van der Waals surface area contributed by atoms with Crippen LogP contribution in [0.3, 0.4) is 0 Å². The Bertz CT molecular complexity index is 876. The van der Waals surface area contributed by atoms with Crippen LogP contribution >= 0.6 is 0 Å². The molecule has 0 saturated carbocycles. The number of nitrogens with zero attached hydrogens (tertiary/aromatic N) is 5. The summed E-state index contributed by atoms with van der Waals surface area (Å²) in [6.45, 7) is 5.40. The van der Waals surface area contributed by atoms with Crippen LogP contribution in [-0.4, -0.2) is 71.8 Å². The van der Waals surface area contributed by atoms with E-state index in [1.807, 2.05) is 42.2 Å². The lowest BCUT2D eigenvalue weighted by Crippen LogP contribution is -2.40. The molecule has 0 aliphatic carbocycles. The van der Waals surface area contributed by atoms with Crippen LogP contribution in [0.1, 0.15) is 30.4 Å². The fourth-order valence-corrected chi connectivity index (χ4v) is 3.48. The molecule has 1 saturated heterocycles. The highest BCUT2D eigenvalue weighted by Crippen LogP contribution is 2.26. The van der Waals surface area contributed by atoms with Crippen LogP contribution < -0.4 is 10.1 Å². The number of aliphatic imine (C=N–C) groups is 1. The fourth-order valence-electron chi connectivity index (χ4n) is 3.48. The molecule has 162 valence electrons. The van der Waals surface area contributed by atoms with Crippen LogP contribution in [0.4, 0.5) is 0 Å². The average Bonchev–Trinajstić information content (AvgIpc) is 3.38. The molecule has 30 heavy (non-hydrogen) atoms. The molecule has 1 N–H and O–H groups in total. The van der Waals surface area contributed by atoms with Gasteiger partial charge < -0.3 is 19.9 Å². The van der Waals surface area contributed by atoms with E-state index in [-0.39, 0.29) is 12.5 Å². The highest BCUT2D eigenvalue weighted by Gasteiger charge is 2.26. The number of guanidine groups is 1. The Hall–Kier alpha value is -3.03. The number of likely N-dealkylation sites (tertiary alicyclic amines) is 1. The van der Waals surface area contributed by atoms with Crippen molar-refractivity contribution in [3.05, 3.63) is 47.8 Å². The zero-order chi connectivity index (χ0) is 21.5. The quantitative estimate of drug-likeness (QED) is 0.555. The molecule has 2 aromatic rings. The van der Waals surface area contributed by atoms with Gasteiger partial charge in [0.2, 0.25) is 0 Å². The largest absolute Gasteiger partial charge is 0.484 e. The Morgan fingerprint density at radius 1 is 1.40 bits per heavy atom. The van der Waals surface area contributed by atoms with Gasteiger partial charge in [-0.05, 0) is 36.6 Å². The number of rotatable bonds is 7. The smallest absolute Gasteiger partial charge is 0.259 e. The first-order chi connectivity index (χ1) is 14.5. The molecule has 1 atom stereocenters. The van der Waals surface area contributed by atoms with Crippen LogP contribution in [0, 0.1) is 0 Å². The third kappa shape index (κ3) is 5.75. The van der Waals surface area contributed by atoms with E-state index in [1.54, 1.807) is 14.1 Å². The maximum Gasteiger partial charge on any atom is 0.259 e. The number of hydrogen-bond acceptors (Lipinski definition) is 4. The second kappa shape index (κ2) is 10.1. The lowest BCUT2D eigenvalue weighted by molar-refractivity contribution is -0.130. The second-order valence-corrected chi connectivity index (χ2v) is 7.77. The molecule has 0 spiro atoms. The van der Waals surface area contributed by atoms with E-state index in [0.29, 0.717) is 18.2 Å². The van der Waals surface area contributed by atoms with Crippen molar-refractivity contribution in [2.24, 2.45) is 12.0 Å². The van der Waals surface area contributed by atoms with Gasteiger partial charge in [0.1, 0.15) is 5.75 Å². The van der Waals surface area contributed by atoms with Crippen molar-refractivity contribution in [2.75, 3.05) is 40.3 Å². The van der Waals surface area contributed by atoms with Crippen LogP contribution in [0.15, 0.2) is 41.7 Å². The monoisotopic (exact) mass is 412 g/mol. The summed E-state index contributed by atoms with van der Waals surface area (Å²) in [6, 6.07) is 7.76. The van der Waals surface area contributed by atoms with Gasteiger partial charge in [0, 0.05) is 52.9 Å². The van der Waals surface area contributed by atoms with Gasteiger partial charge in [-0.2, -0.15) is 5.10 Å². The third-order valence-corrected chi connectivity index (χ3v) is 5.19. The van der Waals surface area contributed by atoms with Crippen molar-refractivity contribution in [1.82, 2.24) is 24.9 Å². The van der Waals surface area contributed by atoms with Crippen molar-refractivity contribution in [2.45, 2.75) is 25.8 Å². The molecule has 1 fully saturated rings. The lowest BCUT2D eigenvalue weighted by Gasteiger charge is -2.21. The van der Waals surface area contributed by atoms with E-state index in [0.717, 1.165) is 37.6 Å². The van der Waals surface area contributed by atoms with Crippen molar-refractivity contribution < 1.29 is 9.53 Å². The van der Waals surface area contributed by atoms with Gasteiger partial charge in [-0.15, -0.1) is 0 Å². The molecule has 1 unspecified atom stereocenters. The number of carbonyl (C=O) groups excluding carboxylic acids is 1. The van der Waals surface area contributed by atoms with E-state index in [2.05, 4.69) is 28.4 Å². The Balaban J connectivity index is 1.62. The van der Waals surface area contributed by atoms with Gasteiger partial charge in [0.25, 0.3) is 5.91 Å². The molecule has 8 heteroatoms. The van der Waals surface area contributed by atoms with Gasteiger partial charge in [0.05, 0.1) is 12.7 Å². The summed E-state index contributed by atoms with van der Waals surface area (Å²) in [5.74, 6) is 2.03. The van der Waals surface area contributed by atoms with Crippen molar-refractivity contribution in [3.63, 3.8) is 0 Å². The lowest BCUT2D eigenvalue weighted by atomic mass is 10.0. The number of amides is 1. The van der Waals surface area contributed by atoms with Gasteiger partial charge in [0.15, 0.2) is 12.6 Å². The molecule has 3 rings (SSSR count). The second-order valence-electron chi connectivity index (χ2n) is 7.77. The molecule has 1 amide bonds. The number of benzene rings is 1. The molecular weight excluding hydrogens is 380 g/mol. The van der Waals surface area contributed by atoms with Gasteiger partial charge in [-0.3, -0.25) is 9.48 Å². The van der Waals surface area contributed by atoms with E-state index < -0.39 is 0 Å². The third-order valence-electron chi connectivity index (χ3n) is 5.19. The molecule has 1 aliphatic heterocycles. The number of aryl methyl sites for hydroxylation is 1. The van der Waals surface area contributed by atoms with Crippen LogP contribution in [0.25, 0.3) is 0 Å². The molecule has 2 heterocycles. The Morgan fingerprint density at radius 3 is 2.93 bits per heavy atom. The minimum absolute atomic E-state index is 0.0336. The molecule has 0 bridgehead atoms. The number of nitrogens with one attached hydrogen (secondary N) is 1. The first-order valence-corrected chi connectivity index (χ1v) is 10.4. The number of hydrogen-bond donors (Lipinski definition) is 1. The number of ether oxygens (including phenoxy) is 1. The summed E-state index contributed by atoms with van der Waals surface area (Å²) in [7, 11) is 5.39. The summed E-state index contributed by atoms with van der Waals surface area (Å²) in [5, 5.41) is 7.72. The van der Waals surface area contributed by atoms with Gasteiger partial charge in [-0.1, -0.05) is 12.1 Å². The summed E-state index contributed by atoms with van der Waals surface area (Å²) >= 11 is 0. The van der Waals surface area contributed by atoms with E-state index in [4.69, 9.17) is 9.73 Å². The summed E-state index contributed by atoms with van der Waals surface area (Å²) in [5.41, 5.74) is 2.33. The van der Waals surface area contributed by atoms with Crippen LogP contribution in [0.2, 0.25) is 0 Å². The number of carbonyl (C=O) groups is 1. The first kappa shape index (κ1) is 21.7. The van der Waals surface area contributed by atoms with E-state index in [9.17, 15) is 4.79 Å². The topological polar surface area (TPSA) is 75.0 Å². The highest BCUT2D eigenvalue weighted by atomic mass is 16.5. The summed E-state index contributed by atoms with van der Waals surface area (Å²) < 4.78 is 7.47. The average molecular weight is 413 g/mol. The summed E-state index contributed by atoms with van der Waals surface area (Å²) in [6.07, 6.45) is 5.16. The zero-order valence-corrected chi connectivity index (χ0v) is 18.3. The van der Waals surface area contributed by atoms with E-state index in [1.165, 1.54) is 10.5 Å². The van der Waals surface area contributed by atoms with Gasteiger partial charge in [-0.25, -0.2) is 4.99 Å². The molecule has 1 aliphatic rings. The van der Waals surface area contributed by atoms with E-state index >= 15 is 0 Å². The van der Waals surface area contributed by atoms with Crippen LogP contribution in [0.5, 0.6) is 5.75 Å². The standard InChI is InChI=1S/C22H32N6O2/c1-5-23-22(28-10-9-18(15-28)19-13-25-27(4)14-19)24-12-17-7-6-8-20(11-17)30-16-21(29)26(2)3/h6-8,11,13-14,18H,5,9-10,12,15-16H2,1-4H3,(H,23,24). The minimum atomic E-state index is -0.0648. The molecular formula is C22H32N6O2. The van der Waals surface area contributed by atoms with Crippen LogP contribution in [-0.2, 0) is 18.4 Å². The SMILES string of the molecule is CCNC(=NCc1cccc(OCC(=O)N(C)C)c1)N1CCC(c2cnn(C)c2)C1. The number of aromatic nitrogens is 2. The van der Waals surface area contributed by atoms with Crippen molar-refractivity contribution >= 4 is 11.9 Å². The molecule has 0 radical (unpaired) electrons. The van der Waals surface area contributed by atoms with Gasteiger partial charge >= 0.3 is 0 Å². The predicted molar refractivity (Wildman–Crippen MR) is 118 cm³/mol. The fraction of sp³-hybridized carbons (Fsp3) is 0.500. The normalized spacial score (nSPS) is 16.6. The summed E-state index contributed by atoms with van der Waals surface area (Å²) in [4.78, 5) is 20.4. The minimum Gasteiger partial charge on any atom is -0.484 e. The number of likely N-dealkylation sites (N-methyl/N-ethyl adjacent to an activating group) is 1. The molecule has 8 nitrogen and oxygen atoms in total. The first-order valence-electron chi connectivity index (χ1n) is 10.4. The zero-order valence-electron chi connectivity index (χ0n) is 18.3.